The average Bonchev–Trinajstić information content (AvgIpc) is 2.72. The predicted octanol–water partition coefficient (Wildman–Crippen LogP) is 8.14. The molecule has 0 bridgehead atoms. The standard InChI is InChI=1S/C16H12N2O2.C3H8.2C2H6/c19-14-8-4-3-7-13(14)17-18-16-12-6-2-1-5-11(12)9-10-15(16)20;1-3-2;2*1-2/h1-10,19-20H;3H2,1-2H3;2*1-2H3. The predicted molar refractivity (Wildman–Crippen MR) is 117 cm³/mol. The first kappa shape index (κ1) is 24.1. The number of benzene rings is 3. The minimum absolute atomic E-state index is 0.0518. The number of aromatic hydroxyl groups is 2. The maximum atomic E-state index is 9.94. The number of hydrogen-bond donors (Lipinski definition) is 2. The molecule has 27 heavy (non-hydrogen) atoms. The fourth-order valence-electron chi connectivity index (χ4n) is 2.00. The van der Waals surface area contributed by atoms with Gasteiger partial charge >= 0.3 is 0 Å². The van der Waals surface area contributed by atoms with Crippen LogP contribution in [0.2, 0.25) is 0 Å². The van der Waals surface area contributed by atoms with Crippen LogP contribution in [0.5, 0.6) is 11.5 Å². The number of para-hydroxylation sites is 1. The van der Waals surface area contributed by atoms with Gasteiger partial charge in [-0.05, 0) is 23.6 Å². The summed E-state index contributed by atoms with van der Waals surface area (Å²) in [6.45, 7) is 12.2. The zero-order valence-corrected chi connectivity index (χ0v) is 17.3. The van der Waals surface area contributed by atoms with Gasteiger partial charge in [-0.2, -0.15) is 0 Å². The lowest BCUT2D eigenvalue weighted by atomic mass is 10.1. The van der Waals surface area contributed by atoms with Crippen molar-refractivity contribution in [2.75, 3.05) is 0 Å². The Morgan fingerprint density at radius 3 is 1.85 bits per heavy atom. The van der Waals surface area contributed by atoms with E-state index in [1.54, 1.807) is 24.3 Å². The first-order valence-corrected chi connectivity index (χ1v) is 9.57. The smallest absolute Gasteiger partial charge is 0.143 e. The highest BCUT2D eigenvalue weighted by molar-refractivity contribution is 5.95. The van der Waals surface area contributed by atoms with E-state index in [9.17, 15) is 10.2 Å². The molecule has 0 unspecified atom stereocenters. The Labute approximate surface area is 163 Å². The maximum Gasteiger partial charge on any atom is 0.143 e. The Kier molecular flexibility index (Phi) is 12.8. The van der Waals surface area contributed by atoms with Crippen LogP contribution < -0.4 is 0 Å². The molecule has 3 aromatic rings. The van der Waals surface area contributed by atoms with Gasteiger partial charge < -0.3 is 10.2 Å². The zero-order chi connectivity index (χ0) is 20.7. The molecule has 0 saturated heterocycles. The van der Waals surface area contributed by atoms with Crippen LogP contribution in [0.1, 0.15) is 48.0 Å². The van der Waals surface area contributed by atoms with Crippen LogP contribution in [0.25, 0.3) is 10.8 Å². The van der Waals surface area contributed by atoms with Crippen molar-refractivity contribution in [2.24, 2.45) is 10.2 Å². The highest BCUT2D eigenvalue weighted by atomic mass is 16.3. The number of phenols is 2. The summed E-state index contributed by atoms with van der Waals surface area (Å²) in [5.74, 6) is 0.110. The van der Waals surface area contributed by atoms with Gasteiger partial charge in [0.1, 0.15) is 22.9 Å². The number of hydrogen-bond acceptors (Lipinski definition) is 4. The second-order valence-corrected chi connectivity index (χ2v) is 5.05. The number of phenolic OH excluding ortho intramolecular Hbond substituents is 2. The summed E-state index contributed by atoms with van der Waals surface area (Å²) in [7, 11) is 0. The molecule has 146 valence electrons. The van der Waals surface area contributed by atoms with Crippen molar-refractivity contribution >= 4 is 22.1 Å². The van der Waals surface area contributed by atoms with E-state index < -0.39 is 0 Å². The van der Waals surface area contributed by atoms with Crippen LogP contribution in [-0.4, -0.2) is 10.2 Å². The molecule has 3 aromatic carbocycles. The number of azo groups is 1. The number of fused-ring (bicyclic) bond motifs is 1. The summed E-state index contributed by atoms with van der Waals surface area (Å²) in [6.07, 6.45) is 1.25. The van der Waals surface area contributed by atoms with Gasteiger partial charge in [0.25, 0.3) is 0 Å². The fraction of sp³-hybridized carbons (Fsp3) is 0.304. The van der Waals surface area contributed by atoms with Crippen molar-refractivity contribution < 1.29 is 10.2 Å². The molecule has 0 aromatic heterocycles. The third kappa shape index (κ3) is 7.48. The van der Waals surface area contributed by atoms with Crippen LogP contribution in [-0.2, 0) is 0 Å². The first-order chi connectivity index (χ1) is 13.2. The van der Waals surface area contributed by atoms with Crippen LogP contribution in [0.4, 0.5) is 11.4 Å². The largest absolute Gasteiger partial charge is 0.506 e. The van der Waals surface area contributed by atoms with E-state index >= 15 is 0 Å². The van der Waals surface area contributed by atoms with Crippen molar-refractivity contribution in [2.45, 2.75) is 48.0 Å². The van der Waals surface area contributed by atoms with Gasteiger partial charge in [0.15, 0.2) is 0 Å². The molecule has 0 aliphatic carbocycles. The Balaban J connectivity index is 0.000000860. The highest BCUT2D eigenvalue weighted by Gasteiger charge is 2.06. The van der Waals surface area contributed by atoms with Crippen molar-refractivity contribution in [1.29, 1.82) is 0 Å². The Hall–Kier alpha value is -2.88. The number of rotatable bonds is 2. The second kappa shape index (κ2) is 14.3. The van der Waals surface area contributed by atoms with Crippen LogP contribution in [0, 0.1) is 0 Å². The van der Waals surface area contributed by atoms with Gasteiger partial charge in [-0.25, -0.2) is 0 Å². The highest BCUT2D eigenvalue weighted by Crippen LogP contribution is 2.36. The molecule has 0 radical (unpaired) electrons. The minimum atomic E-state index is 0.0518. The van der Waals surface area contributed by atoms with Crippen molar-refractivity contribution in [3.8, 4) is 11.5 Å². The van der Waals surface area contributed by atoms with E-state index in [2.05, 4.69) is 24.1 Å². The van der Waals surface area contributed by atoms with Gasteiger partial charge in [-0.15, -0.1) is 10.2 Å². The molecule has 0 aliphatic rings. The molecule has 0 aliphatic heterocycles. The van der Waals surface area contributed by atoms with Gasteiger partial charge in [0, 0.05) is 5.39 Å². The molecule has 4 heteroatoms. The van der Waals surface area contributed by atoms with Crippen molar-refractivity contribution in [1.82, 2.24) is 0 Å². The minimum Gasteiger partial charge on any atom is -0.506 e. The molecule has 0 fully saturated rings. The van der Waals surface area contributed by atoms with Gasteiger partial charge in [0.05, 0.1) is 0 Å². The van der Waals surface area contributed by atoms with E-state index in [0.29, 0.717) is 11.4 Å². The molecular weight excluding hydrogens is 336 g/mol. The Morgan fingerprint density at radius 2 is 1.22 bits per heavy atom. The second-order valence-electron chi connectivity index (χ2n) is 5.05. The summed E-state index contributed by atoms with van der Waals surface area (Å²) >= 11 is 0. The third-order valence-corrected chi connectivity index (χ3v) is 3.02. The van der Waals surface area contributed by atoms with Gasteiger partial charge in [-0.1, -0.05) is 90.4 Å². The first-order valence-electron chi connectivity index (χ1n) is 9.57. The van der Waals surface area contributed by atoms with Crippen molar-refractivity contribution in [3.63, 3.8) is 0 Å². The van der Waals surface area contributed by atoms with Crippen molar-refractivity contribution in [3.05, 3.63) is 60.7 Å². The topological polar surface area (TPSA) is 65.2 Å². The average molecular weight is 369 g/mol. The molecule has 0 saturated carbocycles. The van der Waals surface area contributed by atoms with E-state index in [0.717, 1.165) is 10.8 Å². The number of nitrogens with zero attached hydrogens (tertiary/aromatic N) is 2. The molecule has 0 spiro atoms. The lowest BCUT2D eigenvalue weighted by Gasteiger charge is -2.03. The molecule has 0 amide bonds. The zero-order valence-electron chi connectivity index (χ0n) is 17.3. The Morgan fingerprint density at radius 1 is 0.667 bits per heavy atom. The Bertz CT molecular complexity index is 814. The molecule has 0 atom stereocenters. The normalized spacial score (nSPS) is 9.41. The van der Waals surface area contributed by atoms with Crippen LogP contribution in [0.3, 0.4) is 0 Å². The summed E-state index contributed by atoms with van der Waals surface area (Å²) in [4.78, 5) is 0. The monoisotopic (exact) mass is 368 g/mol. The SMILES string of the molecule is CC.CC.CCC.Oc1ccccc1N=Nc1c(O)ccc2ccccc12. The molecule has 3 rings (SSSR count). The van der Waals surface area contributed by atoms with E-state index in [4.69, 9.17) is 0 Å². The van der Waals surface area contributed by atoms with Gasteiger partial charge in [0.2, 0.25) is 0 Å². The molecule has 2 N–H and O–H groups in total. The van der Waals surface area contributed by atoms with Crippen LogP contribution >= 0.6 is 0 Å². The van der Waals surface area contributed by atoms with E-state index in [1.165, 1.54) is 12.5 Å². The summed E-state index contributed by atoms with van der Waals surface area (Å²) in [6, 6.07) is 17.7. The van der Waals surface area contributed by atoms with Gasteiger partial charge in [-0.3, -0.25) is 0 Å². The lowest BCUT2D eigenvalue weighted by Crippen LogP contribution is -1.74. The van der Waals surface area contributed by atoms with E-state index in [-0.39, 0.29) is 11.5 Å². The summed E-state index contributed by atoms with van der Waals surface area (Å²) < 4.78 is 0. The lowest BCUT2D eigenvalue weighted by molar-refractivity contribution is 0.474. The van der Waals surface area contributed by atoms with Crippen LogP contribution in [0.15, 0.2) is 70.9 Å². The summed E-state index contributed by atoms with van der Waals surface area (Å²) in [5.41, 5.74) is 0.756. The summed E-state index contributed by atoms with van der Waals surface area (Å²) in [5, 5.41) is 29.5. The fourth-order valence-corrected chi connectivity index (χ4v) is 2.00. The molecular formula is C23H32N2O2. The van der Waals surface area contributed by atoms with E-state index in [1.807, 2.05) is 58.0 Å². The molecule has 0 heterocycles. The molecule has 4 nitrogen and oxygen atoms in total. The quantitative estimate of drug-likeness (QED) is 0.448. The maximum absolute atomic E-state index is 9.94. The third-order valence-electron chi connectivity index (χ3n) is 3.02.